The van der Waals surface area contributed by atoms with Crippen LogP contribution >= 0.6 is 0 Å². The summed E-state index contributed by atoms with van der Waals surface area (Å²) in [6, 6.07) is 9.61. The molecule has 34 heavy (non-hydrogen) atoms. The zero-order valence-corrected chi connectivity index (χ0v) is 20.0. The molecule has 2 fully saturated rings. The van der Waals surface area contributed by atoms with Crippen LogP contribution in [0, 0.1) is 5.92 Å². The first-order valence-electron chi connectivity index (χ1n) is 12.3. The Balaban J connectivity index is 1.43. The summed E-state index contributed by atoms with van der Waals surface area (Å²) >= 11 is 0. The molecule has 0 heterocycles. The number of hydrogen-bond acceptors (Lipinski definition) is 6. The van der Waals surface area contributed by atoms with Crippen molar-refractivity contribution in [1.29, 1.82) is 0 Å². The molecular formula is C28H32O6. The molecule has 0 spiro atoms. The Hall–Kier alpha value is -3.02. The van der Waals surface area contributed by atoms with Gasteiger partial charge in [0.2, 0.25) is 5.75 Å². The molecule has 180 valence electrons. The highest BCUT2D eigenvalue weighted by Crippen LogP contribution is 2.48. The number of esters is 1. The molecule has 2 aromatic carbocycles. The Morgan fingerprint density at radius 3 is 2.38 bits per heavy atom. The fourth-order valence-electron chi connectivity index (χ4n) is 5.25. The van der Waals surface area contributed by atoms with Gasteiger partial charge in [-0.25, -0.2) is 0 Å². The van der Waals surface area contributed by atoms with Gasteiger partial charge >= 0.3 is 5.97 Å². The van der Waals surface area contributed by atoms with Crippen molar-refractivity contribution in [2.45, 2.75) is 63.4 Å². The summed E-state index contributed by atoms with van der Waals surface area (Å²) < 4.78 is 23.6. The van der Waals surface area contributed by atoms with Crippen molar-refractivity contribution in [3.63, 3.8) is 0 Å². The standard InChI is InChI=1S/C28H32O6/c1-31-24-14-12-22(19-9-6-10-21-20(19)11-13-23(21)29)25(26(24)32-2)33-17-28(15-16-28)34-27(30)18-7-4-3-5-8-18/h6,9-10,12,14,18H,3-5,7-8,11,13,15-17H2,1-2H3. The highest BCUT2D eigenvalue weighted by atomic mass is 16.6. The topological polar surface area (TPSA) is 71.1 Å². The molecule has 0 radical (unpaired) electrons. The van der Waals surface area contributed by atoms with Crippen molar-refractivity contribution in [3.05, 3.63) is 41.5 Å². The van der Waals surface area contributed by atoms with Gasteiger partial charge in [-0.2, -0.15) is 0 Å². The van der Waals surface area contributed by atoms with E-state index in [2.05, 4.69) is 0 Å². The summed E-state index contributed by atoms with van der Waals surface area (Å²) in [6.07, 6.45) is 8.05. The number of carbonyl (C=O) groups excluding carboxylic acids is 2. The number of ether oxygens (including phenoxy) is 4. The Morgan fingerprint density at radius 2 is 1.68 bits per heavy atom. The molecule has 2 aromatic rings. The lowest BCUT2D eigenvalue weighted by Crippen LogP contribution is -2.31. The van der Waals surface area contributed by atoms with Crippen LogP contribution in [-0.4, -0.2) is 38.2 Å². The van der Waals surface area contributed by atoms with Gasteiger partial charge in [-0.05, 0) is 55.4 Å². The Morgan fingerprint density at radius 1 is 0.912 bits per heavy atom. The fraction of sp³-hybridized carbons (Fsp3) is 0.500. The molecule has 5 rings (SSSR count). The molecule has 0 aromatic heterocycles. The minimum Gasteiger partial charge on any atom is -0.493 e. The second-order valence-corrected chi connectivity index (χ2v) is 9.66. The molecule has 6 heteroatoms. The van der Waals surface area contributed by atoms with E-state index in [4.69, 9.17) is 18.9 Å². The van der Waals surface area contributed by atoms with E-state index in [9.17, 15) is 9.59 Å². The SMILES string of the molecule is COc1ccc(-c2cccc3c2CCC3=O)c(OCC2(OC(=O)C3CCCCC3)CC2)c1OC. The number of hydrogen-bond donors (Lipinski definition) is 0. The summed E-state index contributed by atoms with van der Waals surface area (Å²) in [4.78, 5) is 25.1. The molecule has 0 N–H and O–H groups in total. The first-order chi connectivity index (χ1) is 16.5. The molecule has 0 atom stereocenters. The minimum atomic E-state index is -0.575. The number of rotatable bonds is 8. The number of carbonyl (C=O) groups is 2. The Kier molecular flexibility index (Phi) is 6.24. The molecule has 0 amide bonds. The van der Waals surface area contributed by atoms with Crippen LogP contribution in [0.2, 0.25) is 0 Å². The van der Waals surface area contributed by atoms with Crippen LogP contribution < -0.4 is 14.2 Å². The maximum Gasteiger partial charge on any atom is 0.309 e. The monoisotopic (exact) mass is 464 g/mol. The maximum atomic E-state index is 12.8. The summed E-state index contributed by atoms with van der Waals surface area (Å²) in [5.74, 6) is 1.71. The largest absolute Gasteiger partial charge is 0.493 e. The lowest BCUT2D eigenvalue weighted by atomic mass is 9.89. The molecule has 0 saturated heterocycles. The van der Waals surface area contributed by atoms with Gasteiger partial charge in [-0.3, -0.25) is 9.59 Å². The van der Waals surface area contributed by atoms with Crippen LogP contribution in [0.4, 0.5) is 0 Å². The quantitative estimate of drug-likeness (QED) is 0.478. The van der Waals surface area contributed by atoms with E-state index in [0.29, 0.717) is 30.1 Å². The van der Waals surface area contributed by atoms with E-state index in [1.807, 2.05) is 30.3 Å². The second kappa shape index (κ2) is 9.32. The average Bonchev–Trinajstić information content (AvgIpc) is 3.54. The van der Waals surface area contributed by atoms with E-state index in [1.165, 1.54) is 6.42 Å². The molecule has 3 aliphatic carbocycles. The number of fused-ring (bicyclic) bond motifs is 1. The Bertz CT molecular complexity index is 1090. The summed E-state index contributed by atoms with van der Waals surface area (Å²) in [5, 5.41) is 0. The van der Waals surface area contributed by atoms with Gasteiger partial charge in [-0.1, -0.05) is 37.5 Å². The van der Waals surface area contributed by atoms with E-state index in [-0.39, 0.29) is 24.3 Å². The third-order valence-corrected chi connectivity index (χ3v) is 7.41. The van der Waals surface area contributed by atoms with Crippen LogP contribution in [-0.2, 0) is 16.0 Å². The lowest BCUT2D eigenvalue weighted by molar-refractivity contribution is -0.159. The number of ketones is 1. The first-order valence-corrected chi connectivity index (χ1v) is 12.3. The summed E-state index contributed by atoms with van der Waals surface area (Å²) in [6.45, 7) is 0.260. The van der Waals surface area contributed by atoms with Crippen LogP contribution in [0.1, 0.15) is 67.3 Å². The van der Waals surface area contributed by atoms with Crippen molar-refractivity contribution in [2.24, 2.45) is 5.92 Å². The van der Waals surface area contributed by atoms with Crippen LogP contribution in [0.5, 0.6) is 17.2 Å². The summed E-state index contributed by atoms with van der Waals surface area (Å²) in [5.41, 5.74) is 3.05. The number of methoxy groups -OCH3 is 2. The molecule has 6 nitrogen and oxygen atoms in total. The molecule has 0 aliphatic heterocycles. The predicted molar refractivity (Wildman–Crippen MR) is 128 cm³/mol. The maximum absolute atomic E-state index is 12.8. The van der Waals surface area contributed by atoms with Gasteiger partial charge in [0.1, 0.15) is 12.2 Å². The van der Waals surface area contributed by atoms with E-state index in [1.54, 1.807) is 14.2 Å². The van der Waals surface area contributed by atoms with E-state index >= 15 is 0 Å². The van der Waals surface area contributed by atoms with Gasteiger partial charge in [-0.15, -0.1) is 0 Å². The van der Waals surface area contributed by atoms with E-state index in [0.717, 1.165) is 60.8 Å². The average molecular weight is 465 g/mol. The van der Waals surface area contributed by atoms with Gasteiger partial charge in [0.15, 0.2) is 17.3 Å². The van der Waals surface area contributed by atoms with Crippen LogP contribution in [0.15, 0.2) is 30.3 Å². The fourth-order valence-corrected chi connectivity index (χ4v) is 5.25. The van der Waals surface area contributed by atoms with Crippen molar-refractivity contribution >= 4 is 11.8 Å². The van der Waals surface area contributed by atoms with Gasteiger partial charge in [0.25, 0.3) is 0 Å². The third kappa shape index (κ3) is 4.26. The number of Topliss-reactive ketones (excluding diaryl/α,β-unsaturated/α-hetero) is 1. The van der Waals surface area contributed by atoms with Crippen molar-refractivity contribution < 1.29 is 28.5 Å². The minimum absolute atomic E-state index is 0.0117. The Labute approximate surface area is 200 Å². The van der Waals surface area contributed by atoms with Crippen LogP contribution in [0.25, 0.3) is 11.1 Å². The smallest absolute Gasteiger partial charge is 0.309 e. The molecule has 0 unspecified atom stereocenters. The van der Waals surface area contributed by atoms with E-state index < -0.39 is 5.60 Å². The highest BCUT2D eigenvalue weighted by Gasteiger charge is 2.49. The third-order valence-electron chi connectivity index (χ3n) is 7.41. The van der Waals surface area contributed by atoms with Crippen molar-refractivity contribution in [2.75, 3.05) is 20.8 Å². The number of benzene rings is 2. The lowest BCUT2D eigenvalue weighted by Gasteiger charge is -2.25. The zero-order chi connectivity index (χ0) is 23.7. The molecule has 2 saturated carbocycles. The van der Waals surface area contributed by atoms with Crippen LogP contribution in [0.3, 0.4) is 0 Å². The van der Waals surface area contributed by atoms with Gasteiger partial charge in [0, 0.05) is 17.5 Å². The predicted octanol–water partition coefficient (Wildman–Crippen LogP) is 5.53. The molecule has 3 aliphatic rings. The molecule has 0 bridgehead atoms. The summed E-state index contributed by atoms with van der Waals surface area (Å²) in [7, 11) is 3.18. The van der Waals surface area contributed by atoms with Gasteiger partial charge < -0.3 is 18.9 Å². The highest BCUT2D eigenvalue weighted by molar-refractivity contribution is 6.02. The normalized spacial score (nSPS) is 18.8. The first kappa shape index (κ1) is 22.8. The zero-order valence-electron chi connectivity index (χ0n) is 20.0. The van der Waals surface area contributed by atoms with Crippen molar-refractivity contribution in [3.8, 4) is 28.4 Å². The van der Waals surface area contributed by atoms with Crippen molar-refractivity contribution in [1.82, 2.24) is 0 Å². The van der Waals surface area contributed by atoms with Gasteiger partial charge in [0.05, 0.1) is 20.1 Å². The second-order valence-electron chi connectivity index (χ2n) is 9.66. The molecular weight excluding hydrogens is 432 g/mol.